The topological polar surface area (TPSA) is 39.9 Å². The molecule has 1 saturated heterocycles. The quantitative estimate of drug-likeness (QED) is 0.796. The first-order valence-electron chi connectivity index (χ1n) is 5.76. The molecule has 2 heterocycles. The first-order chi connectivity index (χ1) is 8.91. The predicted octanol–water partition coefficient (Wildman–Crippen LogP) is 2.91. The van der Waals surface area contributed by atoms with Crippen molar-refractivity contribution in [3.05, 3.63) is 23.4 Å². The van der Waals surface area contributed by atoms with E-state index in [0.29, 0.717) is 18.3 Å². The Morgan fingerprint density at radius 3 is 2.79 bits per heavy atom. The van der Waals surface area contributed by atoms with Gasteiger partial charge < -0.3 is 4.90 Å². The Morgan fingerprint density at radius 1 is 1.47 bits per heavy atom. The van der Waals surface area contributed by atoms with Crippen molar-refractivity contribution in [1.29, 1.82) is 5.26 Å². The van der Waals surface area contributed by atoms with Crippen LogP contribution in [-0.2, 0) is 6.18 Å². The molecule has 0 saturated carbocycles. The van der Waals surface area contributed by atoms with Crippen LogP contribution < -0.4 is 4.90 Å². The lowest BCUT2D eigenvalue weighted by molar-refractivity contribution is -0.141. The van der Waals surface area contributed by atoms with Crippen LogP contribution in [0.4, 0.5) is 19.0 Å². The highest BCUT2D eigenvalue weighted by Crippen LogP contribution is 2.31. The third-order valence-electron chi connectivity index (χ3n) is 2.83. The molecule has 0 bridgehead atoms. The molecule has 2 rings (SSSR count). The fraction of sp³-hybridized carbons (Fsp3) is 0.500. The van der Waals surface area contributed by atoms with Gasteiger partial charge in [-0.05, 0) is 12.1 Å². The maximum atomic E-state index is 12.7. The minimum absolute atomic E-state index is 0.143. The van der Waals surface area contributed by atoms with E-state index in [2.05, 4.69) is 4.98 Å². The van der Waals surface area contributed by atoms with Crippen molar-refractivity contribution in [2.75, 3.05) is 23.7 Å². The summed E-state index contributed by atoms with van der Waals surface area (Å²) in [4.78, 5) is 5.40. The van der Waals surface area contributed by atoms with Crippen LogP contribution in [-0.4, -0.2) is 29.1 Å². The van der Waals surface area contributed by atoms with Gasteiger partial charge >= 0.3 is 6.18 Å². The summed E-state index contributed by atoms with van der Waals surface area (Å²) in [7, 11) is 0. The molecule has 102 valence electrons. The Balaban J connectivity index is 2.39. The standard InChI is InChI=1S/C12H12F3N3S/c1-8-7-18(4-5-19-8)11-9(6-16)2-3-10(17-11)12(13,14)15/h2-3,8H,4-5,7H2,1H3. The van der Waals surface area contributed by atoms with Crippen LogP contribution in [0, 0.1) is 11.3 Å². The molecule has 1 aromatic heterocycles. The zero-order valence-electron chi connectivity index (χ0n) is 10.2. The Kier molecular flexibility index (Phi) is 3.90. The zero-order valence-corrected chi connectivity index (χ0v) is 11.1. The summed E-state index contributed by atoms with van der Waals surface area (Å²) < 4.78 is 38.0. The fourth-order valence-electron chi connectivity index (χ4n) is 1.95. The summed E-state index contributed by atoms with van der Waals surface area (Å²) >= 11 is 1.77. The molecule has 0 amide bonds. The number of thioether (sulfide) groups is 1. The van der Waals surface area contributed by atoms with E-state index < -0.39 is 11.9 Å². The molecule has 3 nitrogen and oxygen atoms in total. The maximum absolute atomic E-state index is 12.7. The van der Waals surface area contributed by atoms with E-state index in [0.717, 1.165) is 11.8 Å². The van der Waals surface area contributed by atoms with Gasteiger partial charge in [-0.2, -0.15) is 30.2 Å². The highest BCUT2D eigenvalue weighted by Gasteiger charge is 2.34. The Morgan fingerprint density at radius 2 is 2.21 bits per heavy atom. The smallest absolute Gasteiger partial charge is 0.354 e. The molecule has 0 N–H and O–H groups in total. The van der Waals surface area contributed by atoms with Crippen molar-refractivity contribution in [3.63, 3.8) is 0 Å². The molecule has 0 radical (unpaired) electrons. The van der Waals surface area contributed by atoms with Gasteiger partial charge in [0.1, 0.15) is 17.6 Å². The minimum Gasteiger partial charge on any atom is -0.354 e. The second kappa shape index (κ2) is 5.29. The largest absolute Gasteiger partial charge is 0.433 e. The SMILES string of the molecule is CC1CN(c2nc(C(F)(F)F)ccc2C#N)CCS1. The number of hydrogen-bond donors (Lipinski definition) is 0. The van der Waals surface area contributed by atoms with Crippen LogP contribution in [0.3, 0.4) is 0 Å². The van der Waals surface area contributed by atoms with Gasteiger partial charge in [-0.15, -0.1) is 0 Å². The van der Waals surface area contributed by atoms with Gasteiger partial charge in [0.25, 0.3) is 0 Å². The van der Waals surface area contributed by atoms with Crippen molar-refractivity contribution in [2.45, 2.75) is 18.3 Å². The fourth-order valence-corrected chi connectivity index (χ4v) is 2.96. The number of aromatic nitrogens is 1. The van der Waals surface area contributed by atoms with E-state index in [1.54, 1.807) is 16.7 Å². The van der Waals surface area contributed by atoms with Crippen LogP contribution in [0.15, 0.2) is 12.1 Å². The van der Waals surface area contributed by atoms with Gasteiger partial charge in [0, 0.05) is 24.1 Å². The molecule has 0 aliphatic carbocycles. The molecule has 1 aliphatic rings. The Labute approximate surface area is 113 Å². The molecule has 7 heteroatoms. The summed E-state index contributed by atoms with van der Waals surface area (Å²) in [5.41, 5.74) is -0.764. The first kappa shape index (κ1) is 14.0. The van der Waals surface area contributed by atoms with Crippen molar-refractivity contribution in [2.24, 2.45) is 0 Å². The van der Waals surface area contributed by atoms with Gasteiger partial charge in [0.05, 0.1) is 5.56 Å². The number of nitrogens with zero attached hydrogens (tertiary/aromatic N) is 3. The Bertz CT molecular complexity index is 510. The monoisotopic (exact) mass is 287 g/mol. The van der Waals surface area contributed by atoms with Crippen LogP contribution in [0.25, 0.3) is 0 Å². The average Bonchev–Trinajstić information content (AvgIpc) is 2.37. The third kappa shape index (κ3) is 3.13. The minimum atomic E-state index is -4.49. The Hall–Kier alpha value is -1.42. The number of hydrogen-bond acceptors (Lipinski definition) is 4. The van der Waals surface area contributed by atoms with Gasteiger partial charge in [-0.1, -0.05) is 6.92 Å². The summed E-state index contributed by atoms with van der Waals surface area (Å²) in [6, 6.07) is 3.95. The summed E-state index contributed by atoms with van der Waals surface area (Å²) in [5, 5.41) is 9.32. The first-order valence-corrected chi connectivity index (χ1v) is 6.81. The summed E-state index contributed by atoms with van der Waals surface area (Å²) in [5.74, 6) is 0.966. The van der Waals surface area contributed by atoms with E-state index in [-0.39, 0.29) is 11.4 Å². The zero-order chi connectivity index (χ0) is 14.0. The lowest BCUT2D eigenvalue weighted by Crippen LogP contribution is -2.38. The molecule has 0 spiro atoms. The van der Waals surface area contributed by atoms with E-state index in [1.807, 2.05) is 13.0 Å². The van der Waals surface area contributed by atoms with Gasteiger partial charge in [-0.25, -0.2) is 4.98 Å². The lowest BCUT2D eigenvalue weighted by Gasteiger charge is -2.32. The highest BCUT2D eigenvalue weighted by molar-refractivity contribution is 8.00. The number of alkyl halides is 3. The third-order valence-corrected chi connectivity index (χ3v) is 3.96. The predicted molar refractivity (Wildman–Crippen MR) is 68.1 cm³/mol. The maximum Gasteiger partial charge on any atom is 0.433 e. The van der Waals surface area contributed by atoms with Crippen molar-refractivity contribution in [1.82, 2.24) is 4.98 Å². The number of nitriles is 1. The molecule has 1 aromatic rings. The molecule has 1 fully saturated rings. The molecule has 0 aromatic carbocycles. The molecule has 1 atom stereocenters. The van der Waals surface area contributed by atoms with E-state index in [9.17, 15) is 13.2 Å². The van der Waals surface area contributed by atoms with Gasteiger partial charge in [-0.3, -0.25) is 0 Å². The lowest BCUT2D eigenvalue weighted by atomic mass is 10.2. The van der Waals surface area contributed by atoms with Gasteiger partial charge in [0.2, 0.25) is 0 Å². The number of rotatable bonds is 1. The second-order valence-corrected chi connectivity index (χ2v) is 5.85. The number of halogens is 3. The number of pyridine rings is 1. The molecule has 1 unspecified atom stereocenters. The molecular formula is C12H12F3N3S. The van der Waals surface area contributed by atoms with Crippen molar-refractivity contribution < 1.29 is 13.2 Å². The molecule has 19 heavy (non-hydrogen) atoms. The summed E-state index contributed by atoms with van der Waals surface area (Å²) in [6.45, 7) is 3.22. The average molecular weight is 287 g/mol. The van der Waals surface area contributed by atoms with Crippen LogP contribution in [0.1, 0.15) is 18.2 Å². The highest BCUT2D eigenvalue weighted by atomic mass is 32.2. The van der Waals surface area contributed by atoms with Crippen LogP contribution in [0.2, 0.25) is 0 Å². The van der Waals surface area contributed by atoms with E-state index >= 15 is 0 Å². The van der Waals surface area contributed by atoms with E-state index in [4.69, 9.17) is 5.26 Å². The molecule has 1 aliphatic heterocycles. The van der Waals surface area contributed by atoms with E-state index in [1.165, 1.54) is 6.07 Å². The number of anilines is 1. The van der Waals surface area contributed by atoms with Crippen LogP contribution in [0.5, 0.6) is 0 Å². The van der Waals surface area contributed by atoms with Crippen LogP contribution >= 0.6 is 11.8 Å². The van der Waals surface area contributed by atoms with Crippen molar-refractivity contribution >= 4 is 17.6 Å². The molecular weight excluding hydrogens is 275 g/mol. The van der Waals surface area contributed by atoms with Gasteiger partial charge in [0.15, 0.2) is 0 Å². The second-order valence-electron chi connectivity index (χ2n) is 4.30. The normalized spacial score (nSPS) is 20.2. The summed E-state index contributed by atoms with van der Waals surface area (Å²) in [6.07, 6.45) is -4.49. The van der Waals surface area contributed by atoms with Crippen molar-refractivity contribution in [3.8, 4) is 6.07 Å².